The minimum Gasteiger partial charge on any atom is -0.344 e. The van der Waals surface area contributed by atoms with Gasteiger partial charge < -0.3 is 9.47 Å². The maximum absolute atomic E-state index is 6.20. The van der Waals surface area contributed by atoms with E-state index in [9.17, 15) is 0 Å². The van der Waals surface area contributed by atoms with Crippen molar-refractivity contribution >= 4 is 0 Å². The van der Waals surface area contributed by atoms with Gasteiger partial charge in [0.05, 0.1) is 6.10 Å². The number of rotatable bonds is 1. The molecule has 1 saturated carbocycles. The molecule has 2 nitrogen and oxygen atoms in total. The van der Waals surface area contributed by atoms with E-state index in [0.717, 1.165) is 12.8 Å². The topological polar surface area (TPSA) is 18.5 Å². The Bertz CT molecular complexity index is 407. The number of hydrogen-bond acceptors (Lipinski definition) is 2. The minimum atomic E-state index is -0.334. The molecule has 0 aromatic heterocycles. The molecule has 1 saturated heterocycles. The summed E-state index contributed by atoms with van der Waals surface area (Å²) in [5.74, 6) is -0.334. The maximum Gasteiger partial charge on any atom is 0.169 e. The van der Waals surface area contributed by atoms with Crippen molar-refractivity contribution in [1.29, 1.82) is 0 Å². The third kappa shape index (κ3) is 1.90. The average Bonchev–Trinajstić information content (AvgIpc) is 2.88. The molecule has 0 unspecified atom stereocenters. The van der Waals surface area contributed by atoms with Crippen LogP contribution in [0.1, 0.15) is 42.9 Å². The van der Waals surface area contributed by atoms with E-state index in [1.807, 2.05) is 0 Å². The van der Waals surface area contributed by atoms with Gasteiger partial charge in [0, 0.05) is 12.8 Å². The van der Waals surface area contributed by atoms with Crippen molar-refractivity contribution in [2.24, 2.45) is 0 Å². The fourth-order valence-corrected chi connectivity index (χ4v) is 2.99. The van der Waals surface area contributed by atoms with Gasteiger partial charge in [-0.25, -0.2) is 0 Å². The average molecular weight is 231 g/mol. The van der Waals surface area contributed by atoms with Gasteiger partial charge in [-0.1, -0.05) is 24.3 Å². The lowest BCUT2D eigenvalue weighted by Crippen LogP contribution is -2.26. The summed E-state index contributed by atoms with van der Waals surface area (Å²) < 4.78 is 12.2. The highest BCUT2D eigenvalue weighted by atomic mass is 16.8. The Balaban J connectivity index is 1.87. The van der Waals surface area contributed by atoms with Crippen molar-refractivity contribution < 1.29 is 9.47 Å². The molecule has 1 heterocycles. The van der Waals surface area contributed by atoms with Gasteiger partial charge in [0.15, 0.2) is 5.79 Å². The van der Waals surface area contributed by atoms with Crippen LogP contribution in [0.15, 0.2) is 24.3 Å². The number of hydrogen-bond donors (Lipinski definition) is 0. The molecule has 0 bridgehead atoms. The molecule has 2 heteroatoms. The first-order valence-electron chi connectivity index (χ1n) is 6.44. The zero-order valence-electron chi connectivity index (χ0n) is 10.3. The van der Waals surface area contributed by atoms with Crippen molar-refractivity contribution in [2.45, 2.75) is 50.6 Å². The molecule has 17 heavy (non-hydrogen) atoms. The third-order valence-corrected chi connectivity index (χ3v) is 3.91. The molecule has 91 valence electrons. The van der Waals surface area contributed by atoms with Gasteiger partial charge in [0.2, 0.25) is 0 Å². The molecule has 1 aromatic carbocycles. The summed E-state index contributed by atoms with van der Waals surface area (Å²) >= 11 is 0. The van der Waals surface area contributed by atoms with Crippen LogP contribution in [0.5, 0.6) is 0 Å². The molecule has 2 aliphatic rings. The van der Waals surface area contributed by atoms with E-state index >= 15 is 0 Å². The molecule has 2 atom stereocenters. The van der Waals surface area contributed by atoms with Gasteiger partial charge >= 0.3 is 0 Å². The fraction of sp³-hybridized carbons (Fsp3) is 0.533. The smallest absolute Gasteiger partial charge is 0.169 e. The van der Waals surface area contributed by atoms with Crippen molar-refractivity contribution in [3.8, 4) is 0 Å². The molecule has 2 fully saturated rings. The Morgan fingerprint density at radius 3 is 2.59 bits per heavy atom. The Kier molecular flexibility index (Phi) is 2.72. The van der Waals surface area contributed by atoms with Crippen LogP contribution in [-0.4, -0.2) is 11.9 Å². The van der Waals surface area contributed by atoms with Gasteiger partial charge in [-0.05, 0) is 37.8 Å². The summed E-state index contributed by atoms with van der Waals surface area (Å²) in [4.78, 5) is 0. The van der Waals surface area contributed by atoms with E-state index in [0.29, 0.717) is 0 Å². The summed E-state index contributed by atoms with van der Waals surface area (Å²) in [6, 6.07) is 8.34. The van der Waals surface area contributed by atoms with Crippen LogP contribution in [0.4, 0.5) is 0 Å². The van der Waals surface area contributed by atoms with Gasteiger partial charge in [-0.3, -0.25) is 0 Å². The van der Waals surface area contributed by atoms with Crippen LogP contribution >= 0.6 is 0 Å². The molecular weight excluding hydrogens is 212 g/mol. The minimum absolute atomic E-state index is 0.00528. The van der Waals surface area contributed by atoms with Crippen LogP contribution in [0, 0.1) is 13.8 Å². The number of ether oxygens (including phenoxy) is 2. The van der Waals surface area contributed by atoms with Crippen LogP contribution in [0.2, 0.25) is 0 Å². The largest absolute Gasteiger partial charge is 0.344 e. The molecule has 1 aliphatic carbocycles. The Labute approximate surface area is 103 Å². The van der Waals surface area contributed by atoms with E-state index in [1.54, 1.807) is 0 Å². The maximum atomic E-state index is 6.20. The predicted octanol–water partition coefficient (Wildman–Crippen LogP) is 3.56. The molecule has 3 rings (SSSR count). The van der Waals surface area contributed by atoms with Gasteiger partial charge in [-0.2, -0.15) is 0 Å². The van der Waals surface area contributed by atoms with Crippen LogP contribution < -0.4 is 0 Å². The van der Waals surface area contributed by atoms with Crippen LogP contribution in [-0.2, 0) is 9.47 Å². The monoisotopic (exact) mass is 231 g/mol. The fourth-order valence-electron chi connectivity index (χ4n) is 2.99. The quantitative estimate of drug-likeness (QED) is 0.735. The van der Waals surface area contributed by atoms with Crippen molar-refractivity contribution in [3.05, 3.63) is 42.3 Å². The second-order valence-electron chi connectivity index (χ2n) is 5.17. The Morgan fingerprint density at radius 1 is 1.18 bits per heavy atom. The first-order valence-corrected chi connectivity index (χ1v) is 6.44. The summed E-state index contributed by atoms with van der Waals surface area (Å²) in [7, 11) is 0. The molecule has 0 amide bonds. The van der Waals surface area contributed by atoms with E-state index in [2.05, 4.69) is 38.1 Å². The summed E-state index contributed by atoms with van der Waals surface area (Å²) in [6.45, 7) is 6.22. The third-order valence-electron chi connectivity index (χ3n) is 3.91. The molecule has 1 aromatic rings. The predicted molar refractivity (Wildman–Crippen MR) is 66.4 cm³/mol. The first-order chi connectivity index (χ1) is 8.20. The van der Waals surface area contributed by atoms with Gasteiger partial charge in [-0.15, -0.1) is 0 Å². The molecule has 0 N–H and O–H groups in total. The lowest BCUT2D eigenvalue weighted by atomic mass is 10.0. The number of aryl methyl sites for hydroxylation is 1. The van der Waals surface area contributed by atoms with E-state index in [1.165, 1.54) is 24.0 Å². The van der Waals surface area contributed by atoms with E-state index < -0.39 is 0 Å². The zero-order valence-corrected chi connectivity index (χ0v) is 10.3. The molecular formula is C15H19O2. The van der Waals surface area contributed by atoms with Crippen molar-refractivity contribution in [2.75, 3.05) is 0 Å². The summed E-state index contributed by atoms with van der Waals surface area (Å²) in [5.41, 5.74) is 2.47. The summed E-state index contributed by atoms with van der Waals surface area (Å²) in [6.07, 6.45) is 4.34. The number of benzene rings is 1. The molecule has 1 aliphatic heterocycles. The van der Waals surface area contributed by atoms with Crippen molar-refractivity contribution in [1.82, 2.24) is 0 Å². The zero-order chi connectivity index (χ0) is 11.9. The van der Waals surface area contributed by atoms with E-state index in [-0.39, 0.29) is 18.0 Å². The standard InChI is InChI=1S/C15H19O2/c1-11-7-3-4-8-13(11)14-12(2)16-15(17-14)9-5-6-10-15/h3-4,7-8,12,14H,2,5-6,9-10H2,1H3/t12-,14+/m1/s1. The highest BCUT2D eigenvalue weighted by molar-refractivity contribution is 5.29. The first kappa shape index (κ1) is 11.2. The van der Waals surface area contributed by atoms with E-state index in [4.69, 9.17) is 9.47 Å². The van der Waals surface area contributed by atoms with Crippen LogP contribution in [0.25, 0.3) is 0 Å². The highest BCUT2D eigenvalue weighted by Crippen LogP contribution is 2.47. The SMILES string of the molecule is [CH2][C@H]1OC2(CCCC2)O[C@@H]1c1ccccc1C. The second-order valence-corrected chi connectivity index (χ2v) is 5.17. The Hall–Kier alpha value is -0.860. The summed E-state index contributed by atoms with van der Waals surface area (Å²) in [5, 5.41) is 0. The lowest BCUT2D eigenvalue weighted by Gasteiger charge is -2.22. The van der Waals surface area contributed by atoms with Gasteiger partial charge in [0.1, 0.15) is 6.10 Å². The highest BCUT2D eigenvalue weighted by Gasteiger charge is 2.48. The Morgan fingerprint density at radius 2 is 1.88 bits per heavy atom. The molecule has 1 radical (unpaired) electrons. The second kappa shape index (κ2) is 4.11. The van der Waals surface area contributed by atoms with Gasteiger partial charge in [0.25, 0.3) is 0 Å². The molecule has 1 spiro atoms. The van der Waals surface area contributed by atoms with Crippen molar-refractivity contribution in [3.63, 3.8) is 0 Å². The van der Waals surface area contributed by atoms with Crippen LogP contribution in [0.3, 0.4) is 0 Å². The normalized spacial score (nSPS) is 31.2. The lowest BCUT2D eigenvalue weighted by molar-refractivity contribution is -0.167.